The topological polar surface area (TPSA) is 38.3 Å². The van der Waals surface area contributed by atoms with Crippen molar-refractivity contribution in [3.05, 3.63) is 65.2 Å². The monoisotopic (exact) mass is 311 g/mol. The molecule has 0 saturated carbocycles. The lowest BCUT2D eigenvalue weighted by atomic mass is 10.0. The number of carbonyl (C=O) groups excluding carboxylic acids is 1. The van der Waals surface area contributed by atoms with Gasteiger partial charge in [-0.15, -0.1) is 0 Å². The van der Waals surface area contributed by atoms with E-state index in [4.69, 9.17) is 4.74 Å². The third-order valence-electron chi connectivity index (χ3n) is 3.74. The number of benzene rings is 2. The summed E-state index contributed by atoms with van der Waals surface area (Å²) >= 11 is 0. The molecule has 23 heavy (non-hydrogen) atoms. The molecule has 0 aromatic heterocycles. The molecule has 2 rings (SSSR count). The normalized spacial score (nSPS) is 12.0. The average Bonchev–Trinajstić information content (AvgIpc) is 2.54. The van der Waals surface area contributed by atoms with Crippen LogP contribution < -0.4 is 10.1 Å². The van der Waals surface area contributed by atoms with Gasteiger partial charge in [-0.1, -0.05) is 43.7 Å². The minimum absolute atomic E-state index is 0.0615. The molecule has 0 heterocycles. The molecule has 0 spiro atoms. The molecule has 0 aliphatic heterocycles. The van der Waals surface area contributed by atoms with Crippen molar-refractivity contribution in [1.29, 1.82) is 0 Å². The van der Waals surface area contributed by atoms with E-state index in [-0.39, 0.29) is 11.9 Å². The summed E-state index contributed by atoms with van der Waals surface area (Å²) in [5.41, 5.74) is 3.10. The number of ether oxygens (including phenoxy) is 1. The second kappa shape index (κ2) is 7.82. The van der Waals surface area contributed by atoms with Crippen LogP contribution in [0.2, 0.25) is 0 Å². The van der Waals surface area contributed by atoms with Crippen molar-refractivity contribution in [2.45, 2.75) is 39.7 Å². The van der Waals surface area contributed by atoms with Gasteiger partial charge in [0.1, 0.15) is 12.4 Å². The standard InChI is InChI=1S/C20H25NO2/c1-14(2)17-9-11-19(12-10-17)23-13-16(4)21-20(22)18-7-5-15(3)6-8-18/h5-12,14,16H,13H2,1-4H3,(H,21,22). The first-order valence-electron chi connectivity index (χ1n) is 8.06. The molecule has 3 heteroatoms. The van der Waals surface area contributed by atoms with Gasteiger partial charge in [-0.2, -0.15) is 0 Å². The Morgan fingerprint density at radius 1 is 1.00 bits per heavy atom. The van der Waals surface area contributed by atoms with Gasteiger partial charge in [0.25, 0.3) is 5.91 Å². The van der Waals surface area contributed by atoms with Gasteiger partial charge >= 0.3 is 0 Å². The first-order valence-corrected chi connectivity index (χ1v) is 8.06. The van der Waals surface area contributed by atoms with Crippen LogP contribution >= 0.6 is 0 Å². The first kappa shape index (κ1) is 17.1. The average molecular weight is 311 g/mol. The van der Waals surface area contributed by atoms with E-state index in [1.807, 2.05) is 50.2 Å². The van der Waals surface area contributed by atoms with Gasteiger partial charge in [0.2, 0.25) is 0 Å². The Kier molecular flexibility index (Phi) is 5.80. The SMILES string of the molecule is Cc1ccc(C(=O)NC(C)COc2ccc(C(C)C)cc2)cc1. The van der Waals surface area contributed by atoms with Gasteiger partial charge in [0.15, 0.2) is 0 Å². The number of hydrogen-bond donors (Lipinski definition) is 1. The summed E-state index contributed by atoms with van der Waals surface area (Å²) in [5.74, 6) is 1.26. The summed E-state index contributed by atoms with van der Waals surface area (Å²) in [5, 5.41) is 2.95. The molecule has 3 nitrogen and oxygen atoms in total. The van der Waals surface area contributed by atoms with Crippen molar-refractivity contribution in [3.63, 3.8) is 0 Å². The molecular weight excluding hydrogens is 286 g/mol. The number of amides is 1. The van der Waals surface area contributed by atoms with E-state index in [0.29, 0.717) is 18.1 Å². The highest BCUT2D eigenvalue weighted by Crippen LogP contribution is 2.18. The summed E-state index contributed by atoms with van der Waals surface area (Å²) in [7, 11) is 0. The van der Waals surface area contributed by atoms with Crippen LogP contribution in [-0.2, 0) is 0 Å². The zero-order chi connectivity index (χ0) is 16.8. The Balaban J connectivity index is 1.83. The third kappa shape index (κ3) is 5.13. The zero-order valence-corrected chi connectivity index (χ0v) is 14.3. The van der Waals surface area contributed by atoms with E-state index in [9.17, 15) is 4.79 Å². The van der Waals surface area contributed by atoms with E-state index in [0.717, 1.165) is 11.3 Å². The second-order valence-electron chi connectivity index (χ2n) is 6.28. The Hall–Kier alpha value is -2.29. The van der Waals surface area contributed by atoms with Gasteiger partial charge in [-0.05, 0) is 49.6 Å². The predicted molar refractivity (Wildman–Crippen MR) is 94.1 cm³/mol. The molecule has 0 aliphatic rings. The fraction of sp³-hybridized carbons (Fsp3) is 0.350. The molecule has 122 valence electrons. The van der Waals surface area contributed by atoms with Crippen LogP contribution in [0, 0.1) is 6.92 Å². The molecular formula is C20H25NO2. The van der Waals surface area contributed by atoms with Crippen molar-refractivity contribution in [2.75, 3.05) is 6.61 Å². The second-order valence-corrected chi connectivity index (χ2v) is 6.28. The smallest absolute Gasteiger partial charge is 0.251 e. The maximum Gasteiger partial charge on any atom is 0.251 e. The number of aryl methyl sites for hydroxylation is 1. The lowest BCUT2D eigenvalue weighted by Crippen LogP contribution is -2.36. The van der Waals surface area contributed by atoms with Gasteiger partial charge in [0, 0.05) is 5.56 Å². The Morgan fingerprint density at radius 3 is 2.17 bits per heavy atom. The quantitative estimate of drug-likeness (QED) is 0.863. The van der Waals surface area contributed by atoms with Gasteiger partial charge in [-0.3, -0.25) is 4.79 Å². The lowest BCUT2D eigenvalue weighted by Gasteiger charge is -2.15. The maximum absolute atomic E-state index is 12.1. The minimum atomic E-state index is -0.0729. The van der Waals surface area contributed by atoms with E-state index >= 15 is 0 Å². The molecule has 0 saturated heterocycles. The highest BCUT2D eigenvalue weighted by atomic mass is 16.5. The van der Waals surface area contributed by atoms with Gasteiger partial charge in [-0.25, -0.2) is 0 Å². The Morgan fingerprint density at radius 2 is 1.61 bits per heavy atom. The molecule has 0 radical (unpaired) electrons. The van der Waals surface area contributed by atoms with Crippen LogP contribution in [0.5, 0.6) is 5.75 Å². The largest absolute Gasteiger partial charge is 0.491 e. The van der Waals surface area contributed by atoms with Crippen LogP contribution in [0.25, 0.3) is 0 Å². The molecule has 0 fully saturated rings. The molecule has 1 amide bonds. The van der Waals surface area contributed by atoms with Gasteiger partial charge < -0.3 is 10.1 Å². The molecule has 1 unspecified atom stereocenters. The van der Waals surface area contributed by atoms with Crippen molar-refractivity contribution in [2.24, 2.45) is 0 Å². The Labute approximate surface area is 138 Å². The fourth-order valence-corrected chi connectivity index (χ4v) is 2.22. The molecule has 1 N–H and O–H groups in total. The minimum Gasteiger partial charge on any atom is -0.491 e. The number of rotatable bonds is 6. The molecule has 1 atom stereocenters. The molecule has 2 aromatic carbocycles. The van der Waals surface area contributed by atoms with E-state index < -0.39 is 0 Å². The Bertz CT molecular complexity index is 630. The van der Waals surface area contributed by atoms with Crippen LogP contribution in [0.15, 0.2) is 48.5 Å². The summed E-state index contributed by atoms with van der Waals surface area (Å²) in [6.07, 6.45) is 0. The summed E-state index contributed by atoms with van der Waals surface area (Å²) < 4.78 is 5.74. The highest BCUT2D eigenvalue weighted by molar-refractivity contribution is 5.94. The van der Waals surface area contributed by atoms with E-state index in [1.165, 1.54) is 5.56 Å². The number of carbonyl (C=O) groups is 1. The summed E-state index contributed by atoms with van der Waals surface area (Å²) in [4.78, 5) is 12.1. The lowest BCUT2D eigenvalue weighted by molar-refractivity contribution is 0.0926. The molecule has 2 aromatic rings. The van der Waals surface area contributed by atoms with Crippen LogP contribution in [0.4, 0.5) is 0 Å². The predicted octanol–water partition coefficient (Wildman–Crippen LogP) is 4.32. The van der Waals surface area contributed by atoms with Crippen molar-refractivity contribution < 1.29 is 9.53 Å². The van der Waals surface area contributed by atoms with Crippen molar-refractivity contribution in [3.8, 4) is 5.75 Å². The third-order valence-corrected chi connectivity index (χ3v) is 3.74. The van der Waals surface area contributed by atoms with Crippen LogP contribution in [0.1, 0.15) is 48.2 Å². The van der Waals surface area contributed by atoms with Crippen LogP contribution in [0.3, 0.4) is 0 Å². The van der Waals surface area contributed by atoms with Gasteiger partial charge in [0.05, 0.1) is 6.04 Å². The summed E-state index contributed by atoms with van der Waals surface area (Å²) in [6, 6.07) is 15.6. The van der Waals surface area contributed by atoms with Crippen molar-refractivity contribution >= 4 is 5.91 Å². The maximum atomic E-state index is 12.1. The summed E-state index contributed by atoms with van der Waals surface area (Å²) in [6.45, 7) is 8.72. The first-order chi connectivity index (χ1) is 11.0. The van der Waals surface area contributed by atoms with E-state index in [2.05, 4.69) is 31.3 Å². The molecule has 0 bridgehead atoms. The highest BCUT2D eigenvalue weighted by Gasteiger charge is 2.10. The molecule has 0 aliphatic carbocycles. The number of nitrogens with one attached hydrogen (secondary N) is 1. The number of hydrogen-bond acceptors (Lipinski definition) is 2. The zero-order valence-electron chi connectivity index (χ0n) is 14.3. The van der Waals surface area contributed by atoms with Crippen LogP contribution in [-0.4, -0.2) is 18.6 Å². The van der Waals surface area contributed by atoms with Crippen molar-refractivity contribution in [1.82, 2.24) is 5.32 Å². The van der Waals surface area contributed by atoms with E-state index in [1.54, 1.807) is 0 Å². The fourth-order valence-electron chi connectivity index (χ4n) is 2.22.